The summed E-state index contributed by atoms with van der Waals surface area (Å²) in [4.78, 5) is 72.2. The van der Waals surface area contributed by atoms with E-state index in [1.54, 1.807) is 0 Å². The molecule has 0 aliphatic heterocycles. The minimum absolute atomic E-state index is 0.102. The zero-order valence-electron chi connectivity index (χ0n) is 54.5. The van der Waals surface area contributed by atoms with Crippen LogP contribution in [0.3, 0.4) is 0 Å². The summed E-state index contributed by atoms with van der Waals surface area (Å²) in [5, 5.41) is 10.5. The molecule has 0 radical (unpaired) electrons. The van der Waals surface area contributed by atoms with E-state index >= 15 is 0 Å². The average molecular weight is 1240 g/mol. The maximum absolute atomic E-state index is 13.0. The van der Waals surface area contributed by atoms with E-state index in [9.17, 15) is 43.2 Å². The van der Waals surface area contributed by atoms with Gasteiger partial charge in [-0.2, -0.15) is 0 Å². The number of rotatable bonds is 62. The maximum atomic E-state index is 13.0. The predicted octanol–water partition coefficient (Wildman–Crippen LogP) is 17.8. The highest BCUT2D eigenvalue weighted by atomic mass is 31.2. The maximum Gasteiger partial charge on any atom is 0.472 e. The van der Waals surface area contributed by atoms with Gasteiger partial charge >= 0.3 is 39.5 Å². The summed E-state index contributed by atoms with van der Waals surface area (Å²) in [7, 11) is -9.89. The van der Waals surface area contributed by atoms with E-state index in [0.29, 0.717) is 31.6 Å². The second-order valence-corrected chi connectivity index (χ2v) is 28.1. The molecule has 0 spiro atoms. The summed E-state index contributed by atoms with van der Waals surface area (Å²) in [5.74, 6) is 0.750. The van der Waals surface area contributed by atoms with Crippen molar-refractivity contribution < 1.29 is 80.2 Å². The van der Waals surface area contributed by atoms with Crippen LogP contribution in [-0.4, -0.2) is 96.7 Å². The van der Waals surface area contributed by atoms with Crippen molar-refractivity contribution >= 4 is 39.5 Å². The van der Waals surface area contributed by atoms with Crippen LogP contribution in [0.4, 0.5) is 0 Å². The molecule has 0 amide bonds. The fraction of sp³-hybridized carbons (Fsp3) is 0.938. The molecule has 0 aliphatic carbocycles. The summed E-state index contributed by atoms with van der Waals surface area (Å²) < 4.78 is 68.0. The lowest BCUT2D eigenvalue weighted by Gasteiger charge is -2.21. The average Bonchev–Trinajstić information content (AvgIpc) is 3.50. The SMILES string of the molecule is CCC(C)CCCCCCCCC(=O)O[C@H](COC(=O)CCCCCCCCCCC(C)C)COP(=O)(O)OC[C@@H](O)COP(=O)(O)OC[C@@H](COC(=O)CCCCCCCCC(C)C)OC(=O)CCCCCCCCCCCCCC(C)C. The van der Waals surface area contributed by atoms with E-state index in [1.807, 2.05) is 0 Å². The van der Waals surface area contributed by atoms with Crippen LogP contribution in [0, 0.1) is 23.7 Å². The summed E-state index contributed by atoms with van der Waals surface area (Å²) in [6.07, 6.45) is 35.0. The number of aliphatic hydroxyl groups excluding tert-OH is 1. The molecule has 17 nitrogen and oxygen atoms in total. The lowest BCUT2D eigenvalue weighted by molar-refractivity contribution is -0.161. The van der Waals surface area contributed by atoms with E-state index in [4.69, 9.17) is 37.0 Å². The molecule has 0 fully saturated rings. The number of hydrogen-bond donors (Lipinski definition) is 3. The van der Waals surface area contributed by atoms with Gasteiger partial charge in [0.25, 0.3) is 0 Å². The van der Waals surface area contributed by atoms with Crippen molar-refractivity contribution in [1.82, 2.24) is 0 Å². The number of phosphoric acid groups is 2. The topological polar surface area (TPSA) is 237 Å². The Hall–Kier alpha value is -1.94. The molecular formula is C65H126O17P2. The molecule has 0 heterocycles. The number of esters is 4. The Labute approximate surface area is 511 Å². The fourth-order valence-corrected chi connectivity index (χ4v) is 11.2. The Balaban J connectivity index is 5.24. The van der Waals surface area contributed by atoms with Crippen molar-refractivity contribution in [1.29, 1.82) is 0 Å². The van der Waals surface area contributed by atoms with Gasteiger partial charge in [-0.25, -0.2) is 9.13 Å². The van der Waals surface area contributed by atoms with Crippen LogP contribution in [0.25, 0.3) is 0 Å². The molecule has 0 saturated carbocycles. The highest BCUT2D eigenvalue weighted by Crippen LogP contribution is 2.45. The van der Waals surface area contributed by atoms with Crippen LogP contribution in [0.2, 0.25) is 0 Å². The molecule has 3 N–H and O–H groups in total. The van der Waals surface area contributed by atoms with Gasteiger partial charge in [0.2, 0.25) is 0 Å². The normalized spacial score (nSPS) is 14.7. The third kappa shape index (κ3) is 57.8. The van der Waals surface area contributed by atoms with Crippen LogP contribution in [0.15, 0.2) is 0 Å². The molecule has 6 atom stereocenters. The number of carbonyl (C=O) groups is 4. The smallest absolute Gasteiger partial charge is 0.462 e. The number of hydrogen-bond acceptors (Lipinski definition) is 15. The second-order valence-electron chi connectivity index (χ2n) is 25.2. The second kappa shape index (κ2) is 55.2. The number of ether oxygens (including phenoxy) is 4. The third-order valence-electron chi connectivity index (χ3n) is 15.2. The predicted molar refractivity (Wildman–Crippen MR) is 335 cm³/mol. The van der Waals surface area contributed by atoms with E-state index in [0.717, 1.165) is 114 Å². The van der Waals surface area contributed by atoms with E-state index in [1.165, 1.54) is 109 Å². The van der Waals surface area contributed by atoms with Crippen molar-refractivity contribution in [3.05, 3.63) is 0 Å². The fourth-order valence-electron chi connectivity index (χ4n) is 9.57. The molecule has 84 heavy (non-hydrogen) atoms. The first-order chi connectivity index (χ1) is 40.1. The first-order valence-electron chi connectivity index (χ1n) is 33.7. The molecule has 0 saturated heterocycles. The van der Waals surface area contributed by atoms with Gasteiger partial charge in [0.05, 0.1) is 26.4 Å². The molecule has 0 aromatic rings. The van der Waals surface area contributed by atoms with Gasteiger partial charge in [0.15, 0.2) is 12.2 Å². The molecular weight excluding hydrogens is 1110 g/mol. The van der Waals surface area contributed by atoms with Gasteiger partial charge in [-0.3, -0.25) is 37.3 Å². The van der Waals surface area contributed by atoms with Crippen molar-refractivity contribution in [2.75, 3.05) is 39.6 Å². The van der Waals surface area contributed by atoms with Gasteiger partial charge in [-0.05, 0) is 49.4 Å². The Morgan fingerprint density at radius 1 is 0.333 bits per heavy atom. The molecule has 0 aliphatic rings. The number of unbranched alkanes of at least 4 members (excludes halogenated alkanes) is 27. The zero-order valence-corrected chi connectivity index (χ0v) is 56.3. The lowest BCUT2D eigenvalue weighted by Crippen LogP contribution is -2.30. The highest BCUT2D eigenvalue weighted by Gasteiger charge is 2.30. The molecule has 498 valence electrons. The van der Waals surface area contributed by atoms with E-state index in [-0.39, 0.29) is 25.7 Å². The van der Waals surface area contributed by atoms with Crippen LogP contribution >= 0.6 is 15.6 Å². The lowest BCUT2D eigenvalue weighted by atomic mass is 10.00. The largest absolute Gasteiger partial charge is 0.472 e. The van der Waals surface area contributed by atoms with Crippen LogP contribution in [0.1, 0.15) is 312 Å². The van der Waals surface area contributed by atoms with Crippen molar-refractivity contribution in [3.63, 3.8) is 0 Å². The third-order valence-corrected chi connectivity index (χ3v) is 17.1. The van der Waals surface area contributed by atoms with Gasteiger partial charge in [-0.15, -0.1) is 0 Å². The molecule has 3 unspecified atom stereocenters. The van der Waals surface area contributed by atoms with Gasteiger partial charge < -0.3 is 33.8 Å². The molecule has 0 aromatic heterocycles. The monoisotopic (exact) mass is 1240 g/mol. The van der Waals surface area contributed by atoms with Crippen LogP contribution in [0.5, 0.6) is 0 Å². The van der Waals surface area contributed by atoms with Gasteiger partial charge in [0, 0.05) is 25.7 Å². The van der Waals surface area contributed by atoms with E-state index in [2.05, 4.69) is 55.4 Å². The number of aliphatic hydroxyl groups is 1. The Kier molecular flexibility index (Phi) is 53.9. The quantitative estimate of drug-likeness (QED) is 0.0222. The number of phosphoric ester groups is 2. The van der Waals surface area contributed by atoms with Gasteiger partial charge in [0.1, 0.15) is 19.3 Å². The summed E-state index contributed by atoms with van der Waals surface area (Å²) in [5.41, 5.74) is 0. The molecule has 0 aromatic carbocycles. The summed E-state index contributed by atoms with van der Waals surface area (Å²) in [6, 6.07) is 0. The first-order valence-corrected chi connectivity index (χ1v) is 36.7. The summed E-state index contributed by atoms with van der Waals surface area (Å²) in [6.45, 7) is 13.9. The molecule has 0 rings (SSSR count). The van der Waals surface area contributed by atoms with Crippen LogP contribution < -0.4 is 0 Å². The Morgan fingerprint density at radius 2 is 0.571 bits per heavy atom. The van der Waals surface area contributed by atoms with Crippen molar-refractivity contribution in [3.8, 4) is 0 Å². The van der Waals surface area contributed by atoms with Gasteiger partial charge in [-0.1, -0.05) is 261 Å². The van der Waals surface area contributed by atoms with Crippen LogP contribution in [-0.2, 0) is 65.4 Å². The van der Waals surface area contributed by atoms with E-state index < -0.39 is 97.5 Å². The first kappa shape index (κ1) is 82.1. The number of carbonyl (C=O) groups excluding carboxylic acids is 4. The molecule has 19 heteroatoms. The van der Waals surface area contributed by atoms with Crippen molar-refractivity contribution in [2.45, 2.75) is 331 Å². The Morgan fingerprint density at radius 3 is 0.845 bits per heavy atom. The van der Waals surface area contributed by atoms with Crippen molar-refractivity contribution in [2.24, 2.45) is 23.7 Å². The minimum atomic E-state index is -4.95. The minimum Gasteiger partial charge on any atom is -0.462 e. The summed E-state index contributed by atoms with van der Waals surface area (Å²) >= 11 is 0. The molecule has 0 bridgehead atoms. The zero-order chi connectivity index (χ0) is 62.5. The highest BCUT2D eigenvalue weighted by molar-refractivity contribution is 7.47. The Bertz CT molecular complexity index is 1680. The standard InChI is InChI=1S/C65H126O17P2/c1-9-58(8)44-36-28-22-24-32-40-48-65(70)82-61(51-75-62(67)45-37-29-19-16-15-18-26-34-42-56(4)5)54-80-84(73,74)78-50-59(66)49-77-83(71,72)79-53-60(52-76-63(68)46-38-30-23-21-27-35-43-57(6)7)81-64(69)47-39-31-20-14-12-10-11-13-17-25-33-41-55(2)3/h55-61,66H,9-54H2,1-8H3,(H,71,72)(H,73,74)/t58?,59-,60+,61+/m0/s1.